The van der Waals surface area contributed by atoms with Crippen molar-refractivity contribution in [2.45, 2.75) is 110 Å². The summed E-state index contributed by atoms with van der Waals surface area (Å²) < 4.78 is 16.1. The zero-order valence-corrected chi connectivity index (χ0v) is 26.3. The highest BCUT2D eigenvalue weighted by Gasteiger charge is 2.39. The number of hydrogen-bond donors (Lipinski definition) is 0. The van der Waals surface area contributed by atoms with Crippen molar-refractivity contribution in [3.63, 3.8) is 0 Å². The van der Waals surface area contributed by atoms with E-state index >= 15 is 0 Å². The van der Waals surface area contributed by atoms with Crippen LogP contribution in [-0.2, 0) is 22.3 Å². The Balaban J connectivity index is 0.00000166. The van der Waals surface area contributed by atoms with Gasteiger partial charge < -0.3 is 14.2 Å². The number of ether oxygens (including phenoxy) is 3. The van der Waals surface area contributed by atoms with Gasteiger partial charge in [0.05, 0.1) is 22.3 Å². The summed E-state index contributed by atoms with van der Waals surface area (Å²) in [5.41, 5.74) is 4.83. The molecule has 2 aromatic carbocycles. The van der Waals surface area contributed by atoms with Crippen LogP contribution in [0.5, 0.6) is 11.5 Å². The third kappa shape index (κ3) is 6.23. The number of rotatable bonds is 4. The Morgan fingerprint density at radius 2 is 0.718 bits per heavy atom. The van der Waals surface area contributed by atoms with Crippen molar-refractivity contribution in [2.75, 3.05) is 0 Å². The molecule has 0 saturated carbocycles. The normalized spacial score (nSPS) is 12.2. The highest BCUT2D eigenvalue weighted by atomic mass is 16.6. The molecule has 0 aromatic heterocycles. The maximum atomic E-state index is 12.4. The van der Waals surface area contributed by atoms with Crippen LogP contribution < -0.4 is 4.74 Å². The highest BCUT2D eigenvalue weighted by Crippen LogP contribution is 2.44. The SMILES string of the molecule is CC.CC.CC.CC.CCc1c(C)c(Oc2c(C)c(CC)c3c(c2C)C(=O)OC3=O)c(C)c2c1C(=O)OC2=O. The number of fused-ring (bicyclic) bond motifs is 2. The van der Waals surface area contributed by atoms with Crippen LogP contribution in [0.2, 0.25) is 0 Å². The Kier molecular flexibility index (Phi) is 14.4. The lowest BCUT2D eigenvalue weighted by atomic mass is 9.90. The molecule has 0 unspecified atom stereocenters. The molecule has 4 rings (SSSR count). The summed E-state index contributed by atoms with van der Waals surface area (Å²) in [4.78, 5) is 49.2. The average Bonchev–Trinajstić information content (AvgIpc) is 3.42. The highest BCUT2D eigenvalue weighted by molar-refractivity contribution is 6.18. The van der Waals surface area contributed by atoms with E-state index in [0.717, 1.165) is 11.1 Å². The Morgan fingerprint density at radius 3 is 0.974 bits per heavy atom. The Labute approximate surface area is 234 Å². The van der Waals surface area contributed by atoms with Gasteiger partial charge >= 0.3 is 23.9 Å². The van der Waals surface area contributed by atoms with E-state index in [1.54, 1.807) is 13.8 Å². The third-order valence-electron chi connectivity index (χ3n) is 6.22. The van der Waals surface area contributed by atoms with Crippen molar-refractivity contribution in [2.24, 2.45) is 0 Å². The van der Waals surface area contributed by atoms with Crippen LogP contribution >= 0.6 is 0 Å². The molecule has 2 aliphatic heterocycles. The summed E-state index contributed by atoms with van der Waals surface area (Å²) in [6.07, 6.45) is 1.02. The number of hydrogen-bond acceptors (Lipinski definition) is 7. The van der Waals surface area contributed by atoms with Crippen LogP contribution in [-0.4, -0.2) is 23.9 Å². The lowest BCUT2D eigenvalue weighted by molar-refractivity contribution is 0.0425. The molecule has 0 fully saturated rings. The second-order valence-electron chi connectivity index (χ2n) is 7.78. The fourth-order valence-corrected chi connectivity index (χ4v) is 4.74. The molecule has 216 valence electrons. The van der Waals surface area contributed by atoms with E-state index in [2.05, 4.69) is 0 Å². The van der Waals surface area contributed by atoms with Crippen molar-refractivity contribution in [1.29, 1.82) is 0 Å². The summed E-state index contributed by atoms with van der Waals surface area (Å²) in [7, 11) is 0. The van der Waals surface area contributed by atoms with E-state index in [1.807, 2.05) is 83.1 Å². The molecule has 0 bridgehead atoms. The first-order valence-corrected chi connectivity index (χ1v) is 14.2. The van der Waals surface area contributed by atoms with Crippen molar-refractivity contribution in [3.05, 3.63) is 55.6 Å². The second-order valence-corrected chi connectivity index (χ2v) is 7.78. The molecule has 2 aliphatic rings. The molecular weight excluding hydrogens is 496 g/mol. The van der Waals surface area contributed by atoms with Gasteiger partial charge in [-0.05, 0) is 62.8 Å². The molecule has 0 saturated heterocycles. The largest absolute Gasteiger partial charge is 0.456 e. The topological polar surface area (TPSA) is 96.0 Å². The van der Waals surface area contributed by atoms with Gasteiger partial charge in [0.2, 0.25) is 0 Å². The molecule has 2 heterocycles. The van der Waals surface area contributed by atoms with Gasteiger partial charge in [0.15, 0.2) is 0 Å². The molecule has 0 N–H and O–H groups in total. The summed E-state index contributed by atoms with van der Waals surface area (Å²) in [6.45, 7) is 26.8. The number of carbonyl (C=O) groups excluding carboxylic acids is 4. The van der Waals surface area contributed by atoms with Crippen LogP contribution in [0.15, 0.2) is 0 Å². The van der Waals surface area contributed by atoms with Gasteiger partial charge in [-0.25, -0.2) is 19.2 Å². The zero-order valence-electron chi connectivity index (χ0n) is 26.3. The van der Waals surface area contributed by atoms with Gasteiger partial charge in [-0.3, -0.25) is 0 Å². The predicted octanol–water partition coefficient (Wildman–Crippen LogP) is 8.56. The predicted molar refractivity (Wildman–Crippen MR) is 156 cm³/mol. The maximum absolute atomic E-state index is 12.4. The Bertz CT molecular complexity index is 1140. The molecule has 0 atom stereocenters. The lowest BCUT2D eigenvalue weighted by Gasteiger charge is -2.21. The van der Waals surface area contributed by atoms with Crippen LogP contribution in [0.25, 0.3) is 0 Å². The molecule has 2 aromatic rings. The minimum absolute atomic E-state index is 0.212. The first kappa shape index (κ1) is 35.5. The zero-order chi connectivity index (χ0) is 30.8. The van der Waals surface area contributed by atoms with Gasteiger partial charge in [0.1, 0.15) is 11.5 Å². The number of benzene rings is 2. The maximum Gasteiger partial charge on any atom is 0.347 e. The summed E-state index contributed by atoms with van der Waals surface area (Å²) >= 11 is 0. The molecule has 7 heteroatoms. The van der Waals surface area contributed by atoms with E-state index in [0.29, 0.717) is 57.7 Å². The molecule has 39 heavy (non-hydrogen) atoms. The molecule has 7 nitrogen and oxygen atoms in total. The second kappa shape index (κ2) is 15.8. The number of cyclic esters (lactones) is 4. The van der Waals surface area contributed by atoms with Gasteiger partial charge in [0.25, 0.3) is 0 Å². The average molecular weight is 543 g/mol. The summed E-state index contributed by atoms with van der Waals surface area (Å²) in [6, 6.07) is 0. The first-order chi connectivity index (χ1) is 18.6. The lowest BCUT2D eigenvalue weighted by Crippen LogP contribution is -2.10. The number of carbonyl (C=O) groups is 4. The molecule has 0 amide bonds. The van der Waals surface area contributed by atoms with Crippen molar-refractivity contribution in [3.8, 4) is 11.5 Å². The number of esters is 4. The van der Waals surface area contributed by atoms with E-state index in [-0.39, 0.29) is 11.1 Å². The van der Waals surface area contributed by atoms with Crippen molar-refractivity contribution in [1.82, 2.24) is 0 Å². The van der Waals surface area contributed by atoms with Crippen LogP contribution in [0.1, 0.15) is 144 Å². The van der Waals surface area contributed by atoms with Crippen LogP contribution in [0, 0.1) is 27.7 Å². The Morgan fingerprint density at radius 1 is 0.462 bits per heavy atom. The van der Waals surface area contributed by atoms with Crippen LogP contribution in [0.4, 0.5) is 0 Å². The van der Waals surface area contributed by atoms with Crippen LogP contribution in [0.3, 0.4) is 0 Å². The van der Waals surface area contributed by atoms with E-state index in [1.165, 1.54) is 0 Å². The van der Waals surface area contributed by atoms with Gasteiger partial charge in [-0.1, -0.05) is 69.2 Å². The molecular formula is C32H46O7. The minimum Gasteiger partial charge on any atom is -0.456 e. The summed E-state index contributed by atoms with van der Waals surface area (Å²) in [5.74, 6) is -1.80. The fraction of sp³-hybridized carbons (Fsp3) is 0.500. The van der Waals surface area contributed by atoms with Gasteiger partial charge in [-0.15, -0.1) is 0 Å². The monoisotopic (exact) mass is 542 g/mol. The van der Waals surface area contributed by atoms with E-state index < -0.39 is 23.9 Å². The third-order valence-corrected chi connectivity index (χ3v) is 6.22. The van der Waals surface area contributed by atoms with E-state index in [4.69, 9.17) is 14.2 Å². The molecule has 0 aliphatic carbocycles. The van der Waals surface area contributed by atoms with E-state index in [9.17, 15) is 19.2 Å². The first-order valence-electron chi connectivity index (χ1n) is 14.2. The fourth-order valence-electron chi connectivity index (χ4n) is 4.74. The molecule has 0 radical (unpaired) electrons. The Hall–Kier alpha value is -3.48. The van der Waals surface area contributed by atoms with Gasteiger partial charge in [0, 0.05) is 11.1 Å². The van der Waals surface area contributed by atoms with Crippen molar-refractivity contribution < 1.29 is 33.4 Å². The molecule has 0 spiro atoms. The summed E-state index contributed by atoms with van der Waals surface area (Å²) in [5, 5.41) is 0. The standard InChI is InChI=1S/C24H22O7.4C2H6/c1-7-13-9(3)19(11(5)15-17(13)23(27)30-21(15)25)29-20-10(4)14(8-2)18-16(12(20)6)22(26)31-24(18)28;4*1-2/h7-8H2,1-6H3;4*1-2H3. The van der Waals surface area contributed by atoms with Gasteiger partial charge in [-0.2, -0.15) is 0 Å². The minimum atomic E-state index is -0.692. The smallest absolute Gasteiger partial charge is 0.347 e. The van der Waals surface area contributed by atoms with Crippen molar-refractivity contribution >= 4 is 23.9 Å². The quantitative estimate of drug-likeness (QED) is 0.282.